The van der Waals surface area contributed by atoms with Gasteiger partial charge in [0.2, 0.25) is 5.91 Å². The summed E-state index contributed by atoms with van der Waals surface area (Å²) in [4.78, 5) is 24.8. The van der Waals surface area contributed by atoms with Gasteiger partial charge in [-0.3, -0.25) is 9.59 Å². The van der Waals surface area contributed by atoms with Gasteiger partial charge in [0, 0.05) is 6.54 Å². The number of benzene rings is 1. The van der Waals surface area contributed by atoms with Crippen molar-refractivity contribution in [2.45, 2.75) is 31.6 Å². The maximum Gasteiger partial charge on any atom is 0.323 e. The third kappa shape index (κ3) is 2.53. The van der Waals surface area contributed by atoms with Crippen molar-refractivity contribution in [1.29, 1.82) is 0 Å². The largest absolute Gasteiger partial charge is 0.480 e. The Morgan fingerprint density at radius 3 is 2.55 bits per heavy atom. The van der Waals surface area contributed by atoms with Crippen molar-refractivity contribution in [3.05, 3.63) is 35.6 Å². The molecule has 1 aliphatic carbocycles. The highest BCUT2D eigenvalue weighted by Gasteiger charge is 2.47. The van der Waals surface area contributed by atoms with Crippen LogP contribution in [0.25, 0.3) is 0 Å². The van der Waals surface area contributed by atoms with Crippen molar-refractivity contribution in [1.82, 2.24) is 4.90 Å². The van der Waals surface area contributed by atoms with Gasteiger partial charge < -0.3 is 10.0 Å². The lowest BCUT2D eigenvalue weighted by Crippen LogP contribution is -2.52. The van der Waals surface area contributed by atoms with Crippen LogP contribution in [-0.4, -0.2) is 35.0 Å². The summed E-state index contributed by atoms with van der Waals surface area (Å²) < 4.78 is 13.4. The van der Waals surface area contributed by atoms with Gasteiger partial charge in [0.25, 0.3) is 0 Å². The molecule has 1 N–H and O–H groups in total. The smallest absolute Gasteiger partial charge is 0.323 e. The molecule has 1 aliphatic rings. The van der Waals surface area contributed by atoms with Crippen molar-refractivity contribution in [3.8, 4) is 0 Å². The average molecular weight is 279 g/mol. The molecule has 108 valence electrons. The van der Waals surface area contributed by atoms with E-state index in [4.69, 9.17) is 5.11 Å². The number of hydrogen-bond acceptors (Lipinski definition) is 2. The third-order valence-corrected chi connectivity index (χ3v) is 3.99. The number of rotatable bonds is 5. The number of likely N-dealkylation sites (N-methyl/N-ethyl adjacent to an activating group) is 1. The molecule has 0 atom stereocenters. The van der Waals surface area contributed by atoms with Gasteiger partial charge in [-0.2, -0.15) is 0 Å². The second-order valence-electron chi connectivity index (χ2n) is 5.16. The van der Waals surface area contributed by atoms with Gasteiger partial charge in [0.1, 0.15) is 12.4 Å². The standard InChI is InChI=1S/C15H18FNO3/c1-2-17(10-13(18)19)14(20)15(7-4-8-15)11-5-3-6-12(16)9-11/h3,5-6,9H,2,4,7-8,10H2,1H3,(H,18,19). The highest BCUT2D eigenvalue weighted by Crippen LogP contribution is 2.45. The summed E-state index contributed by atoms with van der Waals surface area (Å²) in [7, 11) is 0. The van der Waals surface area contributed by atoms with Gasteiger partial charge in [0.05, 0.1) is 5.41 Å². The lowest BCUT2D eigenvalue weighted by Gasteiger charge is -2.43. The Kier molecular flexibility index (Phi) is 4.06. The van der Waals surface area contributed by atoms with E-state index in [-0.39, 0.29) is 18.3 Å². The van der Waals surface area contributed by atoms with E-state index in [0.717, 1.165) is 6.42 Å². The highest BCUT2D eigenvalue weighted by atomic mass is 19.1. The van der Waals surface area contributed by atoms with Gasteiger partial charge in [-0.05, 0) is 37.5 Å². The molecule has 0 saturated heterocycles. The maximum absolute atomic E-state index is 13.4. The number of aliphatic carboxylic acids is 1. The van der Waals surface area contributed by atoms with E-state index in [0.29, 0.717) is 24.9 Å². The van der Waals surface area contributed by atoms with E-state index in [2.05, 4.69) is 0 Å². The minimum atomic E-state index is -1.03. The Balaban J connectivity index is 2.30. The molecule has 1 fully saturated rings. The van der Waals surface area contributed by atoms with Crippen molar-refractivity contribution >= 4 is 11.9 Å². The Hall–Kier alpha value is -1.91. The zero-order valence-electron chi connectivity index (χ0n) is 11.4. The van der Waals surface area contributed by atoms with Gasteiger partial charge in [-0.25, -0.2) is 4.39 Å². The molecule has 4 nitrogen and oxygen atoms in total. The lowest BCUT2D eigenvalue weighted by atomic mass is 9.63. The number of hydrogen-bond donors (Lipinski definition) is 1. The molecule has 0 bridgehead atoms. The van der Waals surface area contributed by atoms with E-state index >= 15 is 0 Å². The molecule has 1 aromatic carbocycles. The van der Waals surface area contributed by atoms with Crippen molar-refractivity contribution in [3.63, 3.8) is 0 Å². The summed E-state index contributed by atoms with van der Waals surface area (Å²) in [6, 6.07) is 6.06. The molecule has 2 rings (SSSR count). The number of amides is 1. The molecule has 20 heavy (non-hydrogen) atoms. The van der Waals surface area contributed by atoms with Gasteiger partial charge in [0.15, 0.2) is 0 Å². The number of carbonyl (C=O) groups is 2. The summed E-state index contributed by atoms with van der Waals surface area (Å²) in [5.74, 6) is -1.61. The molecular formula is C15H18FNO3. The summed E-state index contributed by atoms with van der Waals surface area (Å²) in [5, 5.41) is 8.88. The number of carboxylic acids is 1. The van der Waals surface area contributed by atoms with Crippen molar-refractivity contribution < 1.29 is 19.1 Å². The zero-order chi connectivity index (χ0) is 14.8. The first-order chi connectivity index (χ1) is 9.49. The van der Waals surface area contributed by atoms with E-state index in [1.54, 1.807) is 19.1 Å². The van der Waals surface area contributed by atoms with Crippen molar-refractivity contribution in [2.75, 3.05) is 13.1 Å². The molecule has 1 amide bonds. The molecule has 0 aliphatic heterocycles. The average Bonchev–Trinajstić information content (AvgIpc) is 2.34. The first kappa shape index (κ1) is 14.5. The molecule has 5 heteroatoms. The Morgan fingerprint density at radius 1 is 1.40 bits per heavy atom. The molecule has 0 heterocycles. The first-order valence-corrected chi connectivity index (χ1v) is 6.77. The molecule has 0 aromatic heterocycles. The fourth-order valence-corrected chi connectivity index (χ4v) is 2.74. The van der Waals surface area contributed by atoms with Crippen LogP contribution in [0, 0.1) is 5.82 Å². The van der Waals surface area contributed by atoms with Crippen LogP contribution < -0.4 is 0 Å². The van der Waals surface area contributed by atoms with Crippen LogP contribution in [0.2, 0.25) is 0 Å². The van der Waals surface area contributed by atoms with Crippen LogP contribution in [0.4, 0.5) is 4.39 Å². The first-order valence-electron chi connectivity index (χ1n) is 6.77. The van der Waals surface area contributed by atoms with Gasteiger partial charge in [-0.1, -0.05) is 18.6 Å². The third-order valence-electron chi connectivity index (χ3n) is 3.99. The predicted octanol–water partition coefficient (Wildman–Crippen LogP) is 2.18. The highest BCUT2D eigenvalue weighted by molar-refractivity contribution is 5.91. The maximum atomic E-state index is 13.4. The topological polar surface area (TPSA) is 57.6 Å². The molecule has 0 unspecified atom stereocenters. The summed E-state index contributed by atoms with van der Waals surface area (Å²) >= 11 is 0. The summed E-state index contributed by atoms with van der Waals surface area (Å²) in [6.45, 7) is 1.77. The fraction of sp³-hybridized carbons (Fsp3) is 0.467. The number of nitrogens with zero attached hydrogens (tertiary/aromatic N) is 1. The second-order valence-corrected chi connectivity index (χ2v) is 5.16. The Morgan fingerprint density at radius 2 is 2.10 bits per heavy atom. The Labute approximate surface area is 117 Å². The fourth-order valence-electron chi connectivity index (χ4n) is 2.74. The van der Waals surface area contributed by atoms with E-state index in [1.165, 1.54) is 17.0 Å². The van der Waals surface area contributed by atoms with Crippen molar-refractivity contribution in [2.24, 2.45) is 0 Å². The van der Waals surface area contributed by atoms with E-state index < -0.39 is 11.4 Å². The van der Waals surface area contributed by atoms with Crippen LogP contribution in [0.3, 0.4) is 0 Å². The van der Waals surface area contributed by atoms with Crippen LogP contribution in [0.5, 0.6) is 0 Å². The van der Waals surface area contributed by atoms with Crippen LogP contribution in [0.1, 0.15) is 31.7 Å². The summed E-state index contributed by atoms with van der Waals surface area (Å²) in [5.41, 5.74) is -0.0920. The van der Waals surface area contributed by atoms with E-state index in [9.17, 15) is 14.0 Å². The quantitative estimate of drug-likeness (QED) is 0.898. The number of carbonyl (C=O) groups excluding carboxylic acids is 1. The zero-order valence-corrected chi connectivity index (χ0v) is 11.4. The molecule has 1 aromatic rings. The van der Waals surface area contributed by atoms with Gasteiger partial charge in [-0.15, -0.1) is 0 Å². The predicted molar refractivity (Wildman–Crippen MR) is 71.8 cm³/mol. The molecular weight excluding hydrogens is 261 g/mol. The van der Waals surface area contributed by atoms with Crippen LogP contribution >= 0.6 is 0 Å². The second kappa shape index (κ2) is 5.61. The molecule has 0 radical (unpaired) electrons. The van der Waals surface area contributed by atoms with E-state index in [1.807, 2.05) is 0 Å². The SMILES string of the molecule is CCN(CC(=O)O)C(=O)C1(c2cccc(F)c2)CCC1. The molecule has 0 spiro atoms. The monoisotopic (exact) mass is 279 g/mol. The minimum absolute atomic E-state index is 0.209. The van der Waals surface area contributed by atoms with Crippen LogP contribution in [-0.2, 0) is 15.0 Å². The molecule has 1 saturated carbocycles. The van der Waals surface area contributed by atoms with Gasteiger partial charge >= 0.3 is 5.97 Å². The normalized spacial score (nSPS) is 16.3. The summed E-state index contributed by atoms with van der Waals surface area (Å²) in [6.07, 6.45) is 2.18. The number of halogens is 1. The lowest BCUT2D eigenvalue weighted by molar-refractivity contribution is -0.149. The number of carboxylic acid groups (broad SMARTS) is 1. The Bertz CT molecular complexity index is 526. The minimum Gasteiger partial charge on any atom is -0.480 e. The van der Waals surface area contributed by atoms with Crippen LogP contribution in [0.15, 0.2) is 24.3 Å².